The molecular weight excluding hydrogens is 472 g/mol. The van der Waals surface area contributed by atoms with Crippen molar-refractivity contribution in [2.75, 3.05) is 19.7 Å². The molecule has 1 aromatic heterocycles. The van der Waals surface area contributed by atoms with Gasteiger partial charge in [-0.25, -0.2) is 14.4 Å². The van der Waals surface area contributed by atoms with Crippen LogP contribution in [0.15, 0.2) is 24.4 Å². The molecule has 0 saturated carbocycles. The van der Waals surface area contributed by atoms with E-state index in [4.69, 9.17) is 19.3 Å². The van der Waals surface area contributed by atoms with Gasteiger partial charge >= 0.3 is 18.2 Å². The Balaban J connectivity index is 2.09. The van der Waals surface area contributed by atoms with E-state index in [1.807, 2.05) is 0 Å². The number of hydrogen-bond acceptors (Lipinski definition) is 8. The van der Waals surface area contributed by atoms with E-state index in [9.17, 15) is 19.5 Å². The number of aliphatic hydroxyl groups is 1. The zero-order valence-electron chi connectivity index (χ0n) is 21.5. The minimum atomic E-state index is -1.63. The van der Waals surface area contributed by atoms with Gasteiger partial charge in [0.1, 0.15) is 23.6 Å². The van der Waals surface area contributed by atoms with Crippen LogP contribution in [0.4, 0.5) is 9.59 Å². The summed E-state index contributed by atoms with van der Waals surface area (Å²) in [6, 6.07) is 5.02. The molecule has 0 aliphatic heterocycles. The highest BCUT2D eigenvalue weighted by Gasteiger charge is 2.21. The second kappa shape index (κ2) is 11.9. The zero-order valence-corrected chi connectivity index (χ0v) is 21.5. The fourth-order valence-corrected chi connectivity index (χ4v) is 3.03. The lowest BCUT2D eigenvalue weighted by molar-refractivity contribution is -0.148. The first kappa shape index (κ1) is 28.7. The monoisotopic (exact) mass is 508 g/mol. The quantitative estimate of drug-likeness (QED) is 0.378. The Bertz CT molecular complexity index is 1020. The molecule has 1 atom stereocenters. The molecular formula is C24H36N4O8. The highest BCUT2D eigenvalue weighted by atomic mass is 16.6. The molecule has 0 fully saturated rings. The van der Waals surface area contributed by atoms with Gasteiger partial charge in [0.25, 0.3) is 0 Å². The topological polar surface area (TPSA) is 161 Å². The standard InChI is InChI=1S/C24H36N4O8/c1-23(2,3)35-21(32)25-10-15(11-26-22(33)36-24(4,5)6)12-28-13-16-9-17(7-8-18(16)27-28)34-14-19(29)20(30)31/h7-9,13,15,19,29H,10-12,14H2,1-6H3,(H,25,32)(H,26,33)(H,30,31)/t19-/m1/s1. The Morgan fingerprint density at radius 3 is 2.06 bits per heavy atom. The number of ether oxygens (including phenoxy) is 3. The van der Waals surface area contributed by atoms with E-state index in [1.165, 1.54) is 0 Å². The van der Waals surface area contributed by atoms with Crippen molar-refractivity contribution in [2.24, 2.45) is 5.92 Å². The highest BCUT2D eigenvalue weighted by molar-refractivity contribution is 5.79. The third kappa shape index (κ3) is 10.4. The van der Waals surface area contributed by atoms with Crippen LogP contribution in [0.1, 0.15) is 41.5 Å². The minimum absolute atomic E-state index is 0.211. The summed E-state index contributed by atoms with van der Waals surface area (Å²) >= 11 is 0. The van der Waals surface area contributed by atoms with Crippen molar-refractivity contribution >= 4 is 29.1 Å². The van der Waals surface area contributed by atoms with Crippen LogP contribution in [-0.2, 0) is 20.8 Å². The summed E-state index contributed by atoms with van der Waals surface area (Å²) in [6.45, 7) is 11.0. The molecule has 36 heavy (non-hydrogen) atoms. The lowest BCUT2D eigenvalue weighted by Crippen LogP contribution is -2.41. The van der Waals surface area contributed by atoms with Crippen LogP contribution in [0.25, 0.3) is 10.9 Å². The van der Waals surface area contributed by atoms with Crippen molar-refractivity contribution in [1.82, 2.24) is 20.4 Å². The average Bonchev–Trinajstić information content (AvgIpc) is 3.12. The third-order valence-corrected chi connectivity index (χ3v) is 4.53. The summed E-state index contributed by atoms with van der Waals surface area (Å²) in [5, 5.41) is 28.9. The number of aromatic nitrogens is 2. The molecule has 12 nitrogen and oxygen atoms in total. The summed E-state index contributed by atoms with van der Waals surface area (Å²) < 4.78 is 17.6. The van der Waals surface area contributed by atoms with Gasteiger partial charge in [0.2, 0.25) is 0 Å². The van der Waals surface area contributed by atoms with Crippen LogP contribution in [0.3, 0.4) is 0 Å². The Morgan fingerprint density at radius 1 is 1.00 bits per heavy atom. The van der Waals surface area contributed by atoms with Gasteiger partial charge in [-0.2, -0.15) is 5.10 Å². The maximum absolute atomic E-state index is 12.1. The number of carboxylic acids is 1. The van der Waals surface area contributed by atoms with Crippen molar-refractivity contribution in [2.45, 2.75) is 65.4 Å². The molecule has 0 unspecified atom stereocenters. The van der Waals surface area contributed by atoms with E-state index in [0.29, 0.717) is 17.8 Å². The van der Waals surface area contributed by atoms with Gasteiger partial charge in [-0.15, -0.1) is 0 Å². The number of rotatable bonds is 10. The van der Waals surface area contributed by atoms with E-state index in [2.05, 4.69) is 15.7 Å². The summed E-state index contributed by atoms with van der Waals surface area (Å²) in [4.78, 5) is 35.0. The third-order valence-electron chi connectivity index (χ3n) is 4.53. The number of amides is 2. The molecule has 1 heterocycles. The minimum Gasteiger partial charge on any atom is -0.490 e. The van der Waals surface area contributed by atoms with Crippen LogP contribution >= 0.6 is 0 Å². The normalized spacial score (nSPS) is 12.8. The van der Waals surface area contributed by atoms with Gasteiger partial charge in [-0.3, -0.25) is 4.68 Å². The first-order valence-electron chi connectivity index (χ1n) is 11.6. The molecule has 200 valence electrons. The molecule has 2 aromatic rings. The first-order chi connectivity index (χ1) is 16.6. The molecule has 1 aromatic carbocycles. The van der Waals surface area contributed by atoms with Crippen molar-refractivity contribution in [3.8, 4) is 5.75 Å². The Kier molecular flexibility index (Phi) is 9.51. The summed E-state index contributed by atoms with van der Waals surface area (Å²) in [5.41, 5.74) is -0.622. The van der Waals surface area contributed by atoms with E-state index < -0.39 is 35.5 Å². The Morgan fingerprint density at radius 2 is 1.56 bits per heavy atom. The second-order valence-corrected chi connectivity index (χ2v) is 10.4. The lowest BCUT2D eigenvalue weighted by atomic mass is 10.1. The van der Waals surface area contributed by atoms with Crippen molar-refractivity contribution in [1.29, 1.82) is 0 Å². The maximum atomic E-state index is 12.1. The van der Waals surface area contributed by atoms with Gasteiger partial charge in [0.15, 0.2) is 6.10 Å². The molecule has 0 saturated heterocycles. The predicted octanol–water partition coefficient (Wildman–Crippen LogP) is 2.53. The number of carboxylic acid groups (broad SMARTS) is 1. The van der Waals surface area contributed by atoms with Crippen LogP contribution in [-0.4, -0.2) is 75.2 Å². The maximum Gasteiger partial charge on any atom is 0.407 e. The van der Waals surface area contributed by atoms with E-state index in [-0.39, 0.29) is 25.6 Å². The summed E-state index contributed by atoms with van der Waals surface area (Å²) in [7, 11) is 0. The largest absolute Gasteiger partial charge is 0.490 e. The smallest absolute Gasteiger partial charge is 0.407 e. The lowest BCUT2D eigenvalue weighted by Gasteiger charge is -2.23. The molecule has 0 aliphatic rings. The van der Waals surface area contributed by atoms with Crippen LogP contribution in [0, 0.1) is 5.92 Å². The number of hydrogen-bond donors (Lipinski definition) is 4. The van der Waals surface area contributed by atoms with Crippen LogP contribution in [0.5, 0.6) is 5.75 Å². The number of alkyl carbamates (subject to hydrolysis) is 2. The van der Waals surface area contributed by atoms with Gasteiger partial charge in [0, 0.05) is 37.1 Å². The number of nitrogens with one attached hydrogen (secondary N) is 2. The molecule has 0 bridgehead atoms. The Labute approximate surface area is 209 Å². The molecule has 2 amide bonds. The molecule has 0 radical (unpaired) electrons. The zero-order chi connectivity index (χ0) is 27.1. The number of aliphatic hydroxyl groups excluding tert-OH is 1. The summed E-state index contributed by atoms with van der Waals surface area (Å²) in [6.07, 6.45) is -0.996. The number of carbonyl (C=O) groups excluding carboxylic acids is 2. The molecule has 12 heteroatoms. The Hall–Kier alpha value is -3.54. The van der Waals surface area contributed by atoms with Crippen LogP contribution in [0.2, 0.25) is 0 Å². The SMILES string of the molecule is CC(C)(C)OC(=O)NCC(CNC(=O)OC(C)(C)C)Cn1cc2cc(OC[C@@H](O)C(=O)O)ccc2n1. The van der Waals surface area contributed by atoms with Gasteiger partial charge in [0.05, 0.1) is 5.52 Å². The van der Waals surface area contributed by atoms with Crippen molar-refractivity contribution in [3.05, 3.63) is 24.4 Å². The van der Waals surface area contributed by atoms with E-state index in [1.54, 1.807) is 70.6 Å². The van der Waals surface area contributed by atoms with Crippen molar-refractivity contribution in [3.63, 3.8) is 0 Å². The fraction of sp³-hybridized carbons (Fsp3) is 0.583. The molecule has 2 rings (SSSR count). The molecule has 0 spiro atoms. The molecule has 0 aliphatic carbocycles. The number of fused-ring (bicyclic) bond motifs is 1. The summed E-state index contributed by atoms with van der Waals surface area (Å²) in [5.74, 6) is -1.23. The first-order valence-corrected chi connectivity index (χ1v) is 11.6. The van der Waals surface area contributed by atoms with E-state index >= 15 is 0 Å². The fourth-order valence-electron chi connectivity index (χ4n) is 3.03. The average molecular weight is 509 g/mol. The highest BCUT2D eigenvalue weighted by Crippen LogP contribution is 2.20. The molecule has 4 N–H and O–H groups in total. The van der Waals surface area contributed by atoms with Gasteiger partial charge < -0.3 is 35.1 Å². The number of nitrogens with zero attached hydrogens (tertiary/aromatic N) is 2. The van der Waals surface area contributed by atoms with Gasteiger partial charge in [-0.05, 0) is 59.7 Å². The second-order valence-electron chi connectivity index (χ2n) is 10.4. The number of benzene rings is 1. The van der Waals surface area contributed by atoms with Crippen molar-refractivity contribution < 1.29 is 38.8 Å². The number of carbonyl (C=O) groups is 3. The van der Waals surface area contributed by atoms with Crippen LogP contribution < -0.4 is 15.4 Å². The number of aliphatic carboxylic acids is 1. The predicted molar refractivity (Wildman–Crippen MR) is 131 cm³/mol. The van der Waals surface area contributed by atoms with Gasteiger partial charge in [-0.1, -0.05) is 0 Å². The van der Waals surface area contributed by atoms with E-state index in [0.717, 1.165) is 5.39 Å².